The van der Waals surface area contributed by atoms with E-state index in [0.29, 0.717) is 6.04 Å². The molecule has 4 nitrogen and oxygen atoms in total. The van der Waals surface area contributed by atoms with E-state index >= 15 is 0 Å². The molecule has 3 aromatic rings. The van der Waals surface area contributed by atoms with E-state index in [0.717, 1.165) is 33.0 Å². The predicted molar refractivity (Wildman–Crippen MR) is 78.2 cm³/mol. The van der Waals surface area contributed by atoms with Gasteiger partial charge in [-0.05, 0) is 18.9 Å². The van der Waals surface area contributed by atoms with Crippen LogP contribution in [-0.2, 0) is 0 Å². The first-order chi connectivity index (χ1) is 9.31. The second-order valence-corrected chi connectivity index (χ2v) is 6.83. The monoisotopic (exact) mass is 291 g/mol. The SMILES string of the molecule is O=C(NC1CCCC1)c1cc2c(nc3sccn32)s1. The van der Waals surface area contributed by atoms with E-state index < -0.39 is 0 Å². The van der Waals surface area contributed by atoms with Crippen LogP contribution in [0.5, 0.6) is 0 Å². The molecule has 0 atom stereocenters. The van der Waals surface area contributed by atoms with Gasteiger partial charge in [-0.2, -0.15) is 0 Å². The van der Waals surface area contributed by atoms with Crippen LogP contribution in [0.15, 0.2) is 17.6 Å². The summed E-state index contributed by atoms with van der Waals surface area (Å²) in [6.45, 7) is 0. The van der Waals surface area contributed by atoms with Gasteiger partial charge in [-0.1, -0.05) is 12.8 Å². The second-order valence-electron chi connectivity index (χ2n) is 4.92. The molecular weight excluding hydrogens is 278 g/mol. The Balaban J connectivity index is 1.66. The first kappa shape index (κ1) is 11.4. The van der Waals surface area contributed by atoms with E-state index in [1.165, 1.54) is 24.2 Å². The molecule has 1 N–H and O–H groups in total. The third-order valence-electron chi connectivity index (χ3n) is 3.65. The molecule has 98 valence electrons. The Hall–Kier alpha value is -1.40. The lowest BCUT2D eigenvalue weighted by Crippen LogP contribution is -2.31. The summed E-state index contributed by atoms with van der Waals surface area (Å²) in [6, 6.07) is 2.32. The van der Waals surface area contributed by atoms with Crippen molar-refractivity contribution in [3.8, 4) is 0 Å². The first-order valence-corrected chi connectivity index (χ1v) is 8.17. The quantitative estimate of drug-likeness (QED) is 0.787. The molecule has 19 heavy (non-hydrogen) atoms. The molecule has 1 aliphatic carbocycles. The molecule has 6 heteroatoms. The summed E-state index contributed by atoms with van der Waals surface area (Å²) in [5, 5.41) is 5.14. The number of imidazole rings is 1. The van der Waals surface area contributed by atoms with Gasteiger partial charge in [0.05, 0.1) is 10.4 Å². The summed E-state index contributed by atoms with van der Waals surface area (Å²) in [7, 11) is 0. The van der Waals surface area contributed by atoms with Gasteiger partial charge < -0.3 is 5.32 Å². The number of amides is 1. The Bertz CT molecular complexity index is 748. The van der Waals surface area contributed by atoms with Crippen LogP contribution in [0.3, 0.4) is 0 Å². The standard InChI is InChI=1S/C13H13N3OS2/c17-11(14-8-3-1-2-4-8)10-7-9-12(19-10)15-13-16(9)5-6-18-13/h5-8H,1-4H2,(H,14,17). The van der Waals surface area contributed by atoms with Crippen LogP contribution in [-0.4, -0.2) is 21.3 Å². The first-order valence-electron chi connectivity index (χ1n) is 6.47. The predicted octanol–water partition coefficient (Wildman–Crippen LogP) is 3.28. The number of nitrogens with zero attached hydrogens (tertiary/aromatic N) is 2. The number of thiophene rings is 1. The molecule has 4 rings (SSSR count). The minimum atomic E-state index is 0.0545. The highest BCUT2D eigenvalue weighted by atomic mass is 32.1. The number of rotatable bonds is 2. The van der Waals surface area contributed by atoms with Crippen LogP contribution in [0.2, 0.25) is 0 Å². The van der Waals surface area contributed by atoms with Crippen LogP contribution in [0.4, 0.5) is 0 Å². The molecule has 0 radical (unpaired) electrons. The number of carbonyl (C=O) groups is 1. The van der Waals surface area contributed by atoms with Crippen molar-refractivity contribution in [2.24, 2.45) is 0 Å². The van der Waals surface area contributed by atoms with Crippen molar-refractivity contribution >= 4 is 43.9 Å². The number of fused-ring (bicyclic) bond motifs is 3. The van der Waals surface area contributed by atoms with Gasteiger partial charge in [0.1, 0.15) is 4.83 Å². The van der Waals surface area contributed by atoms with Crippen LogP contribution in [0.25, 0.3) is 15.3 Å². The topological polar surface area (TPSA) is 46.4 Å². The molecule has 0 aliphatic heterocycles. The maximum atomic E-state index is 12.2. The Morgan fingerprint density at radius 1 is 1.42 bits per heavy atom. The summed E-state index contributed by atoms with van der Waals surface area (Å²) < 4.78 is 2.04. The number of aromatic nitrogens is 2. The molecule has 0 unspecified atom stereocenters. The minimum Gasteiger partial charge on any atom is -0.349 e. The van der Waals surface area contributed by atoms with Gasteiger partial charge in [-0.15, -0.1) is 22.7 Å². The van der Waals surface area contributed by atoms with Crippen molar-refractivity contribution in [3.63, 3.8) is 0 Å². The lowest BCUT2D eigenvalue weighted by Gasteiger charge is -2.10. The maximum Gasteiger partial charge on any atom is 0.261 e. The lowest BCUT2D eigenvalue weighted by atomic mass is 10.2. The van der Waals surface area contributed by atoms with E-state index in [2.05, 4.69) is 10.3 Å². The van der Waals surface area contributed by atoms with Crippen molar-refractivity contribution in [1.29, 1.82) is 0 Å². The third kappa shape index (κ3) is 1.86. The Morgan fingerprint density at radius 3 is 3.11 bits per heavy atom. The van der Waals surface area contributed by atoms with E-state index in [9.17, 15) is 4.79 Å². The zero-order valence-corrected chi connectivity index (χ0v) is 11.9. The Labute approximate surface area is 118 Å². The second kappa shape index (κ2) is 4.31. The highest BCUT2D eigenvalue weighted by Gasteiger charge is 2.20. The molecule has 1 amide bonds. The van der Waals surface area contributed by atoms with Gasteiger partial charge in [0.2, 0.25) is 0 Å². The largest absolute Gasteiger partial charge is 0.349 e. The van der Waals surface area contributed by atoms with Gasteiger partial charge in [0, 0.05) is 17.6 Å². The summed E-state index contributed by atoms with van der Waals surface area (Å²) in [5.74, 6) is 0.0545. The van der Waals surface area contributed by atoms with E-state index in [1.54, 1.807) is 11.3 Å². The Kier molecular flexibility index (Phi) is 2.60. The summed E-state index contributed by atoms with van der Waals surface area (Å²) in [5.41, 5.74) is 1.04. The van der Waals surface area contributed by atoms with Crippen molar-refractivity contribution in [2.75, 3.05) is 0 Å². The lowest BCUT2D eigenvalue weighted by molar-refractivity contribution is 0.0942. The van der Waals surface area contributed by atoms with Crippen LogP contribution in [0.1, 0.15) is 35.4 Å². The molecule has 3 heterocycles. The number of hydrogen-bond acceptors (Lipinski definition) is 4. The summed E-state index contributed by atoms with van der Waals surface area (Å²) in [6.07, 6.45) is 6.70. The highest BCUT2D eigenvalue weighted by molar-refractivity contribution is 7.21. The molecular formula is C13H13N3OS2. The van der Waals surface area contributed by atoms with Gasteiger partial charge >= 0.3 is 0 Å². The molecule has 0 saturated heterocycles. The molecule has 1 aliphatic rings. The molecule has 1 saturated carbocycles. The van der Waals surface area contributed by atoms with Crippen LogP contribution >= 0.6 is 22.7 Å². The fraction of sp³-hybridized carbons (Fsp3) is 0.385. The number of carbonyl (C=O) groups excluding carboxylic acids is 1. The van der Waals surface area contributed by atoms with Crippen molar-refractivity contribution in [1.82, 2.24) is 14.7 Å². The van der Waals surface area contributed by atoms with Crippen molar-refractivity contribution in [2.45, 2.75) is 31.7 Å². The molecule has 0 aromatic carbocycles. The smallest absolute Gasteiger partial charge is 0.261 e. The number of nitrogens with one attached hydrogen (secondary N) is 1. The summed E-state index contributed by atoms with van der Waals surface area (Å²) in [4.78, 5) is 19.4. The molecule has 3 aromatic heterocycles. The van der Waals surface area contributed by atoms with Gasteiger partial charge in [0.15, 0.2) is 4.96 Å². The van der Waals surface area contributed by atoms with Crippen LogP contribution in [0, 0.1) is 0 Å². The van der Waals surface area contributed by atoms with E-state index in [-0.39, 0.29) is 5.91 Å². The van der Waals surface area contributed by atoms with Crippen LogP contribution < -0.4 is 5.32 Å². The van der Waals surface area contributed by atoms with Gasteiger partial charge in [-0.3, -0.25) is 9.20 Å². The average molecular weight is 291 g/mol. The maximum absolute atomic E-state index is 12.2. The number of thiazole rings is 1. The third-order valence-corrected chi connectivity index (χ3v) is 5.43. The average Bonchev–Trinajstić information content (AvgIpc) is 3.08. The van der Waals surface area contributed by atoms with E-state index in [4.69, 9.17) is 0 Å². The Morgan fingerprint density at radius 2 is 2.26 bits per heavy atom. The summed E-state index contributed by atoms with van der Waals surface area (Å²) >= 11 is 3.10. The molecule has 0 spiro atoms. The molecule has 1 fully saturated rings. The van der Waals surface area contributed by atoms with Crippen molar-refractivity contribution in [3.05, 3.63) is 22.5 Å². The van der Waals surface area contributed by atoms with Gasteiger partial charge in [-0.25, -0.2) is 4.98 Å². The fourth-order valence-corrected chi connectivity index (χ4v) is 4.39. The van der Waals surface area contributed by atoms with E-state index in [1.807, 2.05) is 22.0 Å². The fourth-order valence-electron chi connectivity index (χ4n) is 2.69. The zero-order chi connectivity index (χ0) is 12.8. The molecule has 0 bridgehead atoms. The number of hydrogen-bond donors (Lipinski definition) is 1. The van der Waals surface area contributed by atoms with Gasteiger partial charge in [0.25, 0.3) is 5.91 Å². The minimum absolute atomic E-state index is 0.0545. The van der Waals surface area contributed by atoms with Crippen molar-refractivity contribution < 1.29 is 4.79 Å². The highest BCUT2D eigenvalue weighted by Crippen LogP contribution is 2.28. The zero-order valence-electron chi connectivity index (χ0n) is 10.3. The normalized spacial score (nSPS) is 16.6.